The first-order valence-corrected chi connectivity index (χ1v) is 6.75. The van der Waals surface area contributed by atoms with E-state index < -0.39 is 6.04 Å². The summed E-state index contributed by atoms with van der Waals surface area (Å²) in [5.74, 6) is -0.0448. The van der Waals surface area contributed by atoms with Gasteiger partial charge in [0.1, 0.15) is 0 Å². The predicted octanol–water partition coefficient (Wildman–Crippen LogP) is 0.989. The van der Waals surface area contributed by atoms with Crippen LogP contribution in [0.15, 0.2) is 0 Å². The van der Waals surface area contributed by atoms with Gasteiger partial charge in [0.25, 0.3) is 0 Å². The third kappa shape index (κ3) is 9.76. The molecule has 1 aliphatic heterocycles. The molecule has 8 heteroatoms. The molecule has 0 aromatic rings. The lowest BCUT2D eigenvalue weighted by molar-refractivity contribution is -0.124. The summed E-state index contributed by atoms with van der Waals surface area (Å²) >= 11 is 0. The molecule has 1 fully saturated rings. The van der Waals surface area contributed by atoms with Crippen LogP contribution in [-0.2, 0) is 4.79 Å². The number of nitrogens with one attached hydrogen (secondary N) is 1. The summed E-state index contributed by atoms with van der Waals surface area (Å²) in [4.78, 5) is 16.5. The van der Waals surface area contributed by atoms with Gasteiger partial charge in [-0.15, -0.1) is 37.2 Å². The Morgan fingerprint density at radius 3 is 2.05 bits per heavy atom. The van der Waals surface area contributed by atoms with E-state index in [0.717, 1.165) is 32.7 Å². The van der Waals surface area contributed by atoms with Crippen molar-refractivity contribution in [3.8, 4) is 0 Å². The van der Waals surface area contributed by atoms with E-state index in [2.05, 4.69) is 22.2 Å². The van der Waals surface area contributed by atoms with Gasteiger partial charge in [0.05, 0.1) is 6.04 Å². The molecular formula is C13H31Cl3N4O. The zero-order valence-corrected chi connectivity index (χ0v) is 15.9. The number of nitrogens with zero attached hydrogens (tertiary/aromatic N) is 2. The first-order valence-electron chi connectivity index (χ1n) is 6.75. The second kappa shape index (κ2) is 11.7. The molecule has 3 N–H and O–H groups in total. The lowest BCUT2D eigenvalue weighted by Crippen LogP contribution is -2.51. The van der Waals surface area contributed by atoms with Crippen LogP contribution in [0.5, 0.6) is 0 Å². The van der Waals surface area contributed by atoms with Crippen molar-refractivity contribution in [2.75, 3.05) is 46.3 Å². The van der Waals surface area contributed by atoms with Crippen LogP contribution in [0.25, 0.3) is 0 Å². The van der Waals surface area contributed by atoms with Gasteiger partial charge in [-0.2, -0.15) is 0 Å². The largest absolute Gasteiger partial charge is 0.353 e. The molecule has 0 radical (unpaired) electrons. The van der Waals surface area contributed by atoms with Crippen LogP contribution in [-0.4, -0.2) is 68.1 Å². The van der Waals surface area contributed by atoms with Crippen LogP contribution < -0.4 is 11.1 Å². The van der Waals surface area contributed by atoms with Crippen molar-refractivity contribution in [2.45, 2.75) is 26.8 Å². The summed E-state index contributed by atoms with van der Waals surface area (Å²) in [5.41, 5.74) is 5.72. The van der Waals surface area contributed by atoms with E-state index >= 15 is 0 Å². The fourth-order valence-corrected chi connectivity index (χ4v) is 1.91. The average molecular weight is 366 g/mol. The van der Waals surface area contributed by atoms with Gasteiger partial charge >= 0.3 is 0 Å². The third-order valence-electron chi connectivity index (χ3n) is 3.54. The van der Waals surface area contributed by atoms with Gasteiger partial charge in [-0.3, -0.25) is 9.69 Å². The molecule has 0 unspecified atom stereocenters. The van der Waals surface area contributed by atoms with Gasteiger partial charge in [0, 0.05) is 39.3 Å². The molecular weight excluding hydrogens is 335 g/mol. The van der Waals surface area contributed by atoms with Crippen LogP contribution in [0.2, 0.25) is 0 Å². The number of likely N-dealkylation sites (N-methyl/N-ethyl adjacent to an activating group) is 1. The van der Waals surface area contributed by atoms with Crippen molar-refractivity contribution in [1.82, 2.24) is 15.1 Å². The molecule has 1 heterocycles. The normalized spacial score (nSPS) is 17.8. The van der Waals surface area contributed by atoms with Crippen LogP contribution >= 0.6 is 37.2 Å². The molecule has 0 aliphatic carbocycles. The summed E-state index contributed by atoms with van der Waals surface area (Å²) in [6.07, 6.45) is 0. The van der Waals surface area contributed by atoms with Crippen LogP contribution in [0.4, 0.5) is 0 Å². The van der Waals surface area contributed by atoms with Gasteiger partial charge in [-0.25, -0.2) is 0 Å². The van der Waals surface area contributed by atoms with E-state index in [9.17, 15) is 4.79 Å². The Labute approximate surface area is 147 Å². The molecule has 0 aromatic carbocycles. The molecule has 1 aliphatic rings. The molecule has 0 bridgehead atoms. The van der Waals surface area contributed by atoms with E-state index in [-0.39, 0.29) is 48.5 Å². The number of piperazine rings is 1. The first-order chi connectivity index (χ1) is 8.30. The van der Waals surface area contributed by atoms with E-state index in [1.54, 1.807) is 0 Å². The summed E-state index contributed by atoms with van der Waals surface area (Å²) in [5, 5.41) is 2.93. The Bertz CT molecular complexity index is 279. The number of halogens is 3. The zero-order chi connectivity index (χ0) is 13.8. The molecule has 0 aromatic heterocycles. The second-order valence-corrected chi connectivity index (χ2v) is 6.28. The number of hydrogen-bond acceptors (Lipinski definition) is 4. The Morgan fingerprint density at radius 1 is 1.14 bits per heavy atom. The highest BCUT2D eigenvalue weighted by Gasteiger charge is 2.27. The molecule has 1 amide bonds. The van der Waals surface area contributed by atoms with Crippen molar-refractivity contribution < 1.29 is 4.79 Å². The maximum atomic E-state index is 11.8. The third-order valence-corrected chi connectivity index (χ3v) is 3.54. The molecule has 0 spiro atoms. The molecule has 130 valence electrons. The SMILES string of the molecule is CN1CCN(CCNC(=O)[C@@H](N)C(C)(C)C)CC1.Cl.Cl.Cl. The lowest BCUT2D eigenvalue weighted by atomic mass is 9.87. The highest BCUT2D eigenvalue weighted by molar-refractivity contribution is 5.86. The summed E-state index contributed by atoms with van der Waals surface area (Å²) in [6.45, 7) is 11.9. The molecule has 1 atom stereocenters. The van der Waals surface area contributed by atoms with Gasteiger partial charge < -0.3 is 16.0 Å². The lowest BCUT2D eigenvalue weighted by Gasteiger charge is -2.32. The number of rotatable bonds is 4. The summed E-state index contributed by atoms with van der Waals surface area (Å²) < 4.78 is 0. The van der Waals surface area contributed by atoms with Crippen LogP contribution in [0, 0.1) is 5.41 Å². The first kappa shape index (κ1) is 26.1. The molecule has 5 nitrogen and oxygen atoms in total. The topological polar surface area (TPSA) is 61.6 Å². The van der Waals surface area contributed by atoms with Crippen molar-refractivity contribution in [2.24, 2.45) is 11.1 Å². The highest BCUT2D eigenvalue weighted by atomic mass is 35.5. The fraction of sp³-hybridized carbons (Fsp3) is 0.923. The zero-order valence-electron chi connectivity index (χ0n) is 13.4. The van der Waals surface area contributed by atoms with Crippen LogP contribution in [0.3, 0.4) is 0 Å². The standard InChI is InChI=1S/C13H28N4O.3ClH/c1-13(2,3)11(14)12(18)15-5-6-17-9-7-16(4)8-10-17;;;/h11H,5-10,14H2,1-4H3,(H,15,18);3*1H/t11-;;;/m1.../s1. The average Bonchev–Trinajstić information content (AvgIpc) is 2.29. The minimum atomic E-state index is -0.440. The maximum absolute atomic E-state index is 11.8. The van der Waals surface area contributed by atoms with Gasteiger partial charge in [0.2, 0.25) is 5.91 Å². The monoisotopic (exact) mass is 364 g/mol. The maximum Gasteiger partial charge on any atom is 0.237 e. The Morgan fingerprint density at radius 2 is 1.62 bits per heavy atom. The van der Waals surface area contributed by atoms with E-state index in [0.29, 0.717) is 6.54 Å². The smallest absolute Gasteiger partial charge is 0.237 e. The summed E-state index contributed by atoms with van der Waals surface area (Å²) in [7, 11) is 2.14. The number of hydrogen-bond donors (Lipinski definition) is 2. The van der Waals surface area contributed by atoms with E-state index in [1.807, 2.05) is 20.8 Å². The van der Waals surface area contributed by atoms with E-state index in [4.69, 9.17) is 5.73 Å². The Balaban J connectivity index is -0.00000108. The quantitative estimate of drug-likeness (QED) is 0.780. The number of nitrogens with two attached hydrogens (primary N) is 1. The highest BCUT2D eigenvalue weighted by Crippen LogP contribution is 2.16. The summed E-state index contributed by atoms with van der Waals surface area (Å²) in [6, 6.07) is -0.440. The van der Waals surface area contributed by atoms with Crippen LogP contribution in [0.1, 0.15) is 20.8 Å². The second-order valence-electron chi connectivity index (χ2n) is 6.28. The Hall–Kier alpha value is 0.220. The molecule has 0 saturated carbocycles. The number of carbonyl (C=O) groups is 1. The minimum Gasteiger partial charge on any atom is -0.353 e. The van der Waals surface area contributed by atoms with Crippen molar-refractivity contribution in [3.63, 3.8) is 0 Å². The van der Waals surface area contributed by atoms with Crippen molar-refractivity contribution in [3.05, 3.63) is 0 Å². The van der Waals surface area contributed by atoms with Crippen molar-refractivity contribution >= 4 is 43.1 Å². The van der Waals surface area contributed by atoms with E-state index in [1.165, 1.54) is 0 Å². The van der Waals surface area contributed by atoms with Gasteiger partial charge in [-0.1, -0.05) is 20.8 Å². The number of amides is 1. The minimum absolute atomic E-state index is 0. The Kier molecular flexibility index (Phi) is 14.6. The predicted molar refractivity (Wildman–Crippen MR) is 96.1 cm³/mol. The van der Waals surface area contributed by atoms with Gasteiger partial charge in [0.15, 0.2) is 0 Å². The molecule has 21 heavy (non-hydrogen) atoms. The number of carbonyl (C=O) groups excluding carboxylic acids is 1. The van der Waals surface area contributed by atoms with Gasteiger partial charge in [-0.05, 0) is 12.5 Å². The molecule has 1 rings (SSSR count). The fourth-order valence-electron chi connectivity index (χ4n) is 1.91. The van der Waals surface area contributed by atoms with Crippen molar-refractivity contribution in [1.29, 1.82) is 0 Å². The molecule has 1 saturated heterocycles.